The van der Waals surface area contributed by atoms with Gasteiger partial charge in [0.05, 0.1) is 12.4 Å². The van der Waals surface area contributed by atoms with E-state index in [1.807, 2.05) is 32.3 Å². The first kappa shape index (κ1) is 24.7. The minimum absolute atomic E-state index is 0. The number of ether oxygens (including phenoxy) is 1. The third-order valence-electron chi connectivity index (χ3n) is 4.22. The van der Waals surface area contributed by atoms with Gasteiger partial charge in [-0.3, -0.25) is 4.99 Å². The first-order valence-electron chi connectivity index (χ1n) is 8.29. The maximum absolute atomic E-state index is 9.57. The molecular weight excluding hydrogens is 444 g/mol. The average molecular weight is 467 g/mol. The topological polar surface area (TPSA) is 57.1 Å². The number of likely N-dealkylation sites (N-methyl/N-ethyl adjacent to an activating group) is 1. The van der Waals surface area contributed by atoms with Gasteiger partial charge in [0.2, 0.25) is 0 Å². The molecule has 28 heavy (non-hydrogen) atoms. The molecule has 0 unspecified atom stereocenters. The predicted octanol–water partition coefficient (Wildman–Crippen LogP) is 4.90. The standard InChI is InChI=1S/C19H21Cl2N3O2.2ClH/c1-24(2)7-8-26-13-4-6-15(17(21)10-13)19-18(22-11-23-19)14-5-3-12(25)9-16(14)20;;/h3-6,9-11,18-19,25H,7-8H2,1-2H3,(H,22,23);2*1H/t18-,19+;;/m0../s1. The van der Waals surface area contributed by atoms with Crippen LogP contribution in [0.4, 0.5) is 0 Å². The van der Waals surface area contributed by atoms with Crippen LogP contribution in [0.5, 0.6) is 11.5 Å². The molecule has 1 aliphatic heterocycles. The van der Waals surface area contributed by atoms with E-state index in [4.69, 9.17) is 27.9 Å². The van der Waals surface area contributed by atoms with Gasteiger partial charge >= 0.3 is 0 Å². The Labute approximate surface area is 187 Å². The molecule has 2 aromatic rings. The van der Waals surface area contributed by atoms with Crippen molar-refractivity contribution in [3.05, 3.63) is 57.6 Å². The van der Waals surface area contributed by atoms with Gasteiger partial charge in [-0.1, -0.05) is 35.3 Å². The van der Waals surface area contributed by atoms with Crippen LogP contribution < -0.4 is 10.1 Å². The van der Waals surface area contributed by atoms with Crippen LogP contribution in [0.3, 0.4) is 0 Å². The molecule has 0 bridgehead atoms. The second kappa shape index (κ2) is 11.0. The van der Waals surface area contributed by atoms with E-state index in [1.54, 1.807) is 18.5 Å². The van der Waals surface area contributed by atoms with Gasteiger partial charge in [-0.2, -0.15) is 0 Å². The summed E-state index contributed by atoms with van der Waals surface area (Å²) in [5.41, 5.74) is 1.75. The van der Waals surface area contributed by atoms with Crippen LogP contribution in [0.25, 0.3) is 0 Å². The molecule has 2 aromatic carbocycles. The fourth-order valence-electron chi connectivity index (χ4n) is 2.85. The molecule has 2 N–H and O–H groups in total. The van der Waals surface area contributed by atoms with Gasteiger partial charge in [0, 0.05) is 16.6 Å². The number of rotatable bonds is 6. The molecule has 3 rings (SSSR count). The van der Waals surface area contributed by atoms with Crippen molar-refractivity contribution < 1.29 is 9.84 Å². The maximum Gasteiger partial charge on any atom is 0.120 e. The normalized spacial score (nSPS) is 17.6. The summed E-state index contributed by atoms with van der Waals surface area (Å²) in [4.78, 5) is 6.57. The first-order chi connectivity index (χ1) is 12.5. The number of hydrogen-bond acceptors (Lipinski definition) is 5. The van der Waals surface area contributed by atoms with Gasteiger partial charge in [0.15, 0.2) is 0 Å². The van der Waals surface area contributed by atoms with E-state index in [2.05, 4.69) is 15.2 Å². The Kier molecular flexibility index (Phi) is 9.67. The molecule has 0 spiro atoms. The predicted molar refractivity (Wildman–Crippen MR) is 120 cm³/mol. The van der Waals surface area contributed by atoms with Gasteiger partial charge in [-0.25, -0.2) is 0 Å². The summed E-state index contributed by atoms with van der Waals surface area (Å²) in [6, 6.07) is 10.2. The highest BCUT2D eigenvalue weighted by Gasteiger charge is 2.30. The van der Waals surface area contributed by atoms with E-state index >= 15 is 0 Å². The lowest BCUT2D eigenvalue weighted by Gasteiger charge is -2.22. The lowest BCUT2D eigenvalue weighted by atomic mass is 9.94. The van der Waals surface area contributed by atoms with Crippen molar-refractivity contribution in [3.63, 3.8) is 0 Å². The number of nitrogens with one attached hydrogen (secondary N) is 1. The molecule has 0 aromatic heterocycles. The third kappa shape index (κ3) is 5.82. The molecule has 0 amide bonds. The molecule has 2 atom stereocenters. The molecule has 0 radical (unpaired) electrons. The molecule has 0 saturated carbocycles. The molecule has 5 nitrogen and oxygen atoms in total. The highest BCUT2D eigenvalue weighted by atomic mass is 35.5. The summed E-state index contributed by atoms with van der Waals surface area (Å²) < 4.78 is 5.73. The summed E-state index contributed by atoms with van der Waals surface area (Å²) in [6.07, 6.45) is 1.66. The SMILES string of the molecule is CN(C)CCOc1ccc([C@H]2N=CN[C@H]2c2ccc(O)cc2Cl)c(Cl)c1.Cl.Cl. The number of benzene rings is 2. The highest BCUT2D eigenvalue weighted by molar-refractivity contribution is 6.32. The smallest absolute Gasteiger partial charge is 0.120 e. The van der Waals surface area contributed by atoms with Gasteiger partial charge < -0.3 is 20.1 Å². The molecule has 1 aliphatic rings. The minimum Gasteiger partial charge on any atom is -0.508 e. The van der Waals surface area contributed by atoms with Crippen LogP contribution in [0.1, 0.15) is 23.2 Å². The lowest BCUT2D eigenvalue weighted by Crippen LogP contribution is -2.20. The quantitative estimate of drug-likeness (QED) is 0.635. The number of halogens is 4. The summed E-state index contributed by atoms with van der Waals surface area (Å²) in [5.74, 6) is 0.862. The molecule has 9 heteroatoms. The van der Waals surface area contributed by atoms with Crippen molar-refractivity contribution in [1.82, 2.24) is 10.2 Å². The molecule has 0 aliphatic carbocycles. The van der Waals surface area contributed by atoms with Crippen molar-refractivity contribution >= 4 is 54.4 Å². The van der Waals surface area contributed by atoms with E-state index in [0.29, 0.717) is 16.7 Å². The van der Waals surface area contributed by atoms with Crippen molar-refractivity contribution in [2.45, 2.75) is 12.1 Å². The fraction of sp³-hybridized carbons (Fsp3) is 0.316. The van der Waals surface area contributed by atoms with Gasteiger partial charge in [-0.05, 0) is 49.5 Å². The highest BCUT2D eigenvalue weighted by Crippen LogP contribution is 2.41. The second-order valence-electron chi connectivity index (χ2n) is 6.41. The number of aliphatic imine (C=N–C) groups is 1. The van der Waals surface area contributed by atoms with E-state index in [-0.39, 0.29) is 42.6 Å². The molecular formula is C19H23Cl4N3O2. The number of hydrogen-bond donors (Lipinski definition) is 2. The minimum atomic E-state index is -0.208. The fourth-order valence-corrected chi connectivity index (χ4v) is 3.43. The lowest BCUT2D eigenvalue weighted by molar-refractivity contribution is 0.261. The van der Waals surface area contributed by atoms with Crippen molar-refractivity contribution in [1.29, 1.82) is 0 Å². The molecule has 1 heterocycles. The van der Waals surface area contributed by atoms with Crippen molar-refractivity contribution in [2.75, 3.05) is 27.2 Å². The zero-order chi connectivity index (χ0) is 18.7. The number of nitrogens with zero attached hydrogens (tertiary/aromatic N) is 2. The molecule has 0 fully saturated rings. The largest absolute Gasteiger partial charge is 0.508 e. The zero-order valence-electron chi connectivity index (χ0n) is 15.4. The Hall–Kier alpha value is -1.37. The van der Waals surface area contributed by atoms with Crippen molar-refractivity contribution in [3.8, 4) is 11.5 Å². The monoisotopic (exact) mass is 465 g/mol. The van der Waals surface area contributed by atoms with Gasteiger partial charge in [-0.15, -0.1) is 24.8 Å². The van der Waals surface area contributed by atoms with Crippen LogP contribution in [0.15, 0.2) is 41.4 Å². The summed E-state index contributed by atoms with van der Waals surface area (Å²) in [6.45, 7) is 1.43. The Bertz CT molecular complexity index is 818. The van der Waals surface area contributed by atoms with E-state index in [0.717, 1.165) is 23.4 Å². The van der Waals surface area contributed by atoms with Crippen molar-refractivity contribution in [2.24, 2.45) is 4.99 Å². The summed E-state index contributed by atoms with van der Waals surface area (Å²) >= 11 is 12.8. The average Bonchev–Trinajstić information content (AvgIpc) is 3.03. The number of phenols is 1. The van der Waals surface area contributed by atoms with Crippen LogP contribution in [-0.2, 0) is 0 Å². The van der Waals surface area contributed by atoms with Crippen LogP contribution in [-0.4, -0.2) is 43.6 Å². The molecule has 0 saturated heterocycles. The Morgan fingerprint density at radius 1 is 1.07 bits per heavy atom. The van der Waals surface area contributed by atoms with Crippen LogP contribution in [0, 0.1) is 0 Å². The maximum atomic E-state index is 9.57. The summed E-state index contributed by atoms with van der Waals surface area (Å²) in [7, 11) is 4.00. The summed E-state index contributed by atoms with van der Waals surface area (Å²) in [5, 5.41) is 13.9. The number of aromatic hydroxyl groups is 1. The second-order valence-corrected chi connectivity index (χ2v) is 7.22. The zero-order valence-corrected chi connectivity index (χ0v) is 18.6. The van der Waals surface area contributed by atoms with Gasteiger partial charge in [0.1, 0.15) is 24.1 Å². The van der Waals surface area contributed by atoms with Crippen LogP contribution >= 0.6 is 48.0 Å². The van der Waals surface area contributed by atoms with E-state index in [1.165, 1.54) is 6.07 Å². The Morgan fingerprint density at radius 3 is 2.39 bits per heavy atom. The van der Waals surface area contributed by atoms with Crippen LogP contribution in [0.2, 0.25) is 10.0 Å². The Morgan fingerprint density at radius 2 is 1.75 bits per heavy atom. The van der Waals surface area contributed by atoms with E-state index in [9.17, 15) is 5.11 Å². The Balaban J connectivity index is 0.00000196. The van der Waals surface area contributed by atoms with E-state index < -0.39 is 0 Å². The first-order valence-corrected chi connectivity index (χ1v) is 9.04. The van der Waals surface area contributed by atoms with Gasteiger partial charge in [0.25, 0.3) is 0 Å². The molecule has 154 valence electrons. The third-order valence-corrected chi connectivity index (χ3v) is 4.88. The number of phenolic OH excluding ortho intramolecular Hbond substituents is 1.